The van der Waals surface area contributed by atoms with Gasteiger partial charge in [-0.1, -0.05) is 0 Å². The lowest BCUT2D eigenvalue weighted by Gasteiger charge is -1.94. The average Bonchev–Trinajstić information content (AvgIpc) is 2.43. The van der Waals surface area contributed by atoms with Crippen LogP contribution in [0.3, 0.4) is 0 Å². The molecule has 0 aliphatic rings. The third-order valence-electron chi connectivity index (χ3n) is 2.05. The van der Waals surface area contributed by atoms with E-state index >= 15 is 0 Å². The van der Waals surface area contributed by atoms with Crippen molar-refractivity contribution in [3.63, 3.8) is 0 Å². The molecule has 0 saturated carbocycles. The summed E-state index contributed by atoms with van der Waals surface area (Å²) >= 11 is 3.17. The van der Waals surface area contributed by atoms with Gasteiger partial charge in [-0.15, -0.1) is 0 Å². The van der Waals surface area contributed by atoms with Crippen molar-refractivity contribution in [3.05, 3.63) is 34.2 Å². The maximum absolute atomic E-state index is 13.0. The average molecular weight is 272 g/mol. The number of furan rings is 1. The van der Waals surface area contributed by atoms with E-state index in [0.717, 1.165) is 0 Å². The maximum atomic E-state index is 13.0. The van der Waals surface area contributed by atoms with Gasteiger partial charge in [0.05, 0.1) is 6.42 Å². The Bertz CT molecular complexity index is 535. The predicted octanol–water partition coefficient (Wildman–Crippen LogP) is 2.36. The topological polar surface area (TPSA) is 56.2 Å². The third kappa shape index (κ3) is 1.87. The van der Waals surface area contributed by atoms with Crippen LogP contribution in [-0.2, 0) is 11.2 Å². The Labute approximate surface area is 93.2 Å². The molecule has 1 amide bonds. The zero-order valence-corrected chi connectivity index (χ0v) is 9.17. The van der Waals surface area contributed by atoms with Crippen molar-refractivity contribution in [1.29, 1.82) is 0 Å². The summed E-state index contributed by atoms with van der Waals surface area (Å²) in [5.41, 5.74) is 6.19. The summed E-state index contributed by atoms with van der Waals surface area (Å²) in [4.78, 5) is 10.8. The standard InChI is InChI=1S/C10H7BrFNO2/c11-10-7(4-9(13)14)6-3-5(12)1-2-8(6)15-10/h1-3H,4H2,(H2,13,14). The fourth-order valence-corrected chi connectivity index (χ4v) is 1.96. The molecule has 15 heavy (non-hydrogen) atoms. The molecule has 0 unspecified atom stereocenters. The molecule has 0 saturated heterocycles. The molecule has 1 aromatic carbocycles. The molecule has 2 rings (SSSR count). The summed E-state index contributed by atoms with van der Waals surface area (Å²) in [6.45, 7) is 0. The van der Waals surface area contributed by atoms with E-state index in [4.69, 9.17) is 10.2 Å². The smallest absolute Gasteiger partial charge is 0.222 e. The molecule has 5 heteroatoms. The van der Waals surface area contributed by atoms with Crippen molar-refractivity contribution in [3.8, 4) is 0 Å². The lowest BCUT2D eigenvalue weighted by Crippen LogP contribution is -2.13. The van der Waals surface area contributed by atoms with Crippen molar-refractivity contribution in [2.24, 2.45) is 5.73 Å². The zero-order valence-electron chi connectivity index (χ0n) is 7.59. The van der Waals surface area contributed by atoms with Gasteiger partial charge in [-0.05, 0) is 34.1 Å². The summed E-state index contributed by atoms with van der Waals surface area (Å²) in [6, 6.07) is 4.13. The first-order chi connectivity index (χ1) is 7.08. The Morgan fingerprint density at radius 2 is 2.27 bits per heavy atom. The first-order valence-electron chi connectivity index (χ1n) is 4.22. The molecular formula is C10H7BrFNO2. The minimum Gasteiger partial charge on any atom is -0.449 e. The van der Waals surface area contributed by atoms with Crippen LogP contribution >= 0.6 is 15.9 Å². The van der Waals surface area contributed by atoms with Crippen molar-refractivity contribution in [1.82, 2.24) is 0 Å². The highest BCUT2D eigenvalue weighted by molar-refractivity contribution is 9.10. The van der Waals surface area contributed by atoms with E-state index in [-0.39, 0.29) is 12.2 Å². The van der Waals surface area contributed by atoms with Crippen LogP contribution in [-0.4, -0.2) is 5.91 Å². The third-order valence-corrected chi connectivity index (χ3v) is 2.70. The largest absolute Gasteiger partial charge is 0.449 e. The number of benzene rings is 1. The van der Waals surface area contributed by atoms with Crippen LogP contribution < -0.4 is 5.73 Å². The molecule has 0 spiro atoms. The van der Waals surface area contributed by atoms with Crippen molar-refractivity contribution in [2.45, 2.75) is 6.42 Å². The second kappa shape index (κ2) is 3.66. The van der Waals surface area contributed by atoms with Gasteiger partial charge in [0.25, 0.3) is 0 Å². The summed E-state index contributed by atoms with van der Waals surface area (Å²) in [5, 5.41) is 0.570. The highest BCUT2D eigenvalue weighted by Gasteiger charge is 2.14. The molecule has 0 fully saturated rings. The fraction of sp³-hybridized carbons (Fsp3) is 0.100. The van der Waals surface area contributed by atoms with Crippen LogP contribution in [0.5, 0.6) is 0 Å². The van der Waals surface area contributed by atoms with Gasteiger partial charge >= 0.3 is 0 Å². The molecule has 0 aliphatic heterocycles. The van der Waals surface area contributed by atoms with Crippen molar-refractivity contribution >= 4 is 32.8 Å². The number of amides is 1. The Kier molecular flexibility index (Phi) is 2.48. The van der Waals surface area contributed by atoms with Crippen LogP contribution in [0.1, 0.15) is 5.56 Å². The van der Waals surface area contributed by atoms with Gasteiger partial charge < -0.3 is 10.2 Å². The monoisotopic (exact) mass is 271 g/mol. The Balaban J connectivity index is 2.65. The number of halogens is 2. The van der Waals surface area contributed by atoms with E-state index in [1.807, 2.05) is 0 Å². The number of hydrogen-bond acceptors (Lipinski definition) is 2. The van der Waals surface area contributed by atoms with Crippen LogP contribution in [0.2, 0.25) is 0 Å². The second-order valence-corrected chi connectivity index (χ2v) is 3.86. The second-order valence-electron chi connectivity index (χ2n) is 3.14. The molecule has 0 bridgehead atoms. The normalized spacial score (nSPS) is 10.8. The molecule has 0 atom stereocenters. The fourth-order valence-electron chi connectivity index (χ4n) is 1.43. The number of carbonyl (C=O) groups is 1. The molecule has 3 nitrogen and oxygen atoms in total. The highest BCUT2D eigenvalue weighted by Crippen LogP contribution is 2.30. The van der Waals surface area contributed by atoms with E-state index in [9.17, 15) is 9.18 Å². The molecule has 2 aromatic rings. The lowest BCUT2D eigenvalue weighted by atomic mass is 10.1. The van der Waals surface area contributed by atoms with Crippen LogP contribution in [0.25, 0.3) is 11.0 Å². The van der Waals surface area contributed by atoms with Crippen LogP contribution in [0, 0.1) is 5.82 Å². The highest BCUT2D eigenvalue weighted by atomic mass is 79.9. The van der Waals surface area contributed by atoms with Crippen molar-refractivity contribution in [2.75, 3.05) is 0 Å². The van der Waals surface area contributed by atoms with E-state index in [0.29, 0.717) is 21.2 Å². The summed E-state index contributed by atoms with van der Waals surface area (Å²) in [6.07, 6.45) is 0.0248. The van der Waals surface area contributed by atoms with Gasteiger partial charge in [-0.3, -0.25) is 4.79 Å². The first kappa shape index (κ1) is 10.2. The Hall–Kier alpha value is -1.36. The van der Waals surface area contributed by atoms with E-state index in [1.165, 1.54) is 18.2 Å². The number of primary amides is 1. The summed E-state index contributed by atoms with van der Waals surface area (Å²) < 4.78 is 18.7. The number of nitrogens with two attached hydrogens (primary N) is 1. The van der Waals surface area contributed by atoms with E-state index in [2.05, 4.69) is 15.9 Å². The van der Waals surface area contributed by atoms with Gasteiger partial charge in [-0.2, -0.15) is 0 Å². The molecule has 78 valence electrons. The Morgan fingerprint density at radius 3 is 2.93 bits per heavy atom. The summed E-state index contributed by atoms with van der Waals surface area (Å²) in [7, 11) is 0. The lowest BCUT2D eigenvalue weighted by molar-refractivity contribution is -0.117. The number of carbonyl (C=O) groups excluding carboxylic acids is 1. The number of fused-ring (bicyclic) bond motifs is 1. The minimum absolute atomic E-state index is 0.0248. The molecule has 0 aliphatic carbocycles. The van der Waals surface area contributed by atoms with Crippen molar-refractivity contribution < 1.29 is 13.6 Å². The van der Waals surface area contributed by atoms with Crippen LogP contribution in [0.4, 0.5) is 4.39 Å². The maximum Gasteiger partial charge on any atom is 0.222 e. The first-order valence-corrected chi connectivity index (χ1v) is 5.02. The molecule has 1 heterocycles. The predicted molar refractivity (Wildman–Crippen MR) is 56.8 cm³/mol. The Morgan fingerprint density at radius 1 is 1.53 bits per heavy atom. The molecule has 2 N–H and O–H groups in total. The van der Waals surface area contributed by atoms with Crippen LogP contribution in [0.15, 0.2) is 27.3 Å². The van der Waals surface area contributed by atoms with E-state index in [1.54, 1.807) is 0 Å². The van der Waals surface area contributed by atoms with Gasteiger partial charge in [-0.25, -0.2) is 4.39 Å². The number of rotatable bonds is 2. The van der Waals surface area contributed by atoms with Gasteiger partial charge in [0.15, 0.2) is 4.67 Å². The van der Waals surface area contributed by atoms with Gasteiger partial charge in [0, 0.05) is 10.9 Å². The van der Waals surface area contributed by atoms with Gasteiger partial charge in [0.1, 0.15) is 11.4 Å². The quantitative estimate of drug-likeness (QED) is 0.912. The zero-order chi connectivity index (χ0) is 11.0. The van der Waals surface area contributed by atoms with Gasteiger partial charge in [0.2, 0.25) is 5.91 Å². The van der Waals surface area contributed by atoms with E-state index < -0.39 is 5.91 Å². The number of hydrogen-bond donors (Lipinski definition) is 1. The molecular weight excluding hydrogens is 265 g/mol. The summed E-state index contributed by atoms with van der Waals surface area (Å²) in [5.74, 6) is -0.857. The molecule has 1 aromatic heterocycles. The SMILES string of the molecule is NC(=O)Cc1c(Br)oc2ccc(F)cc12. The molecule has 0 radical (unpaired) electrons. The minimum atomic E-state index is -0.484.